The normalized spacial score (nSPS) is 22.4. The van der Waals surface area contributed by atoms with E-state index < -0.39 is 0 Å². The van der Waals surface area contributed by atoms with Crippen LogP contribution in [0.15, 0.2) is 0 Å². The molecule has 0 aromatic heterocycles. The highest BCUT2D eigenvalue weighted by Gasteiger charge is 2.46. The summed E-state index contributed by atoms with van der Waals surface area (Å²) in [6.45, 7) is 5.39. The summed E-state index contributed by atoms with van der Waals surface area (Å²) in [7, 11) is 0. The topological polar surface area (TPSA) is 20.3 Å². The van der Waals surface area contributed by atoms with E-state index in [-0.39, 0.29) is 5.41 Å². The number of carbonyl (C=O) groups excluding carboxylic acids is 1. The summed E-state index contributed by atoms with van der Waals surface area (Å²) in [5, 5.41) is 0.910. The molecular weight excluding hydrogens is 290 g/mol. The van der Waals surface area contributed by atoms with E-state index in [2.05, 4.69) is 34.7 Å². The van der Waals surface area contributed by atoms with Crippen molar-refractivity contribution in [1.29, 1.82) is 0 Å². The molecule has 0 spiro atoms. The summed E-state index contributed by atoms with van der Waals surface area (Å²) in [5.74, 6) is 1.09. The fourth-order valence-electron chi connectivity index (χ4n) is 3.57. The van der Waals surface area contributed by atoms with Gasteiger partial charge in [-0.15, -0.1) is 0 Å². The molecular formula is C15H26BrNO. The summed E-state index contributed by atoms with van der Waals surface area (Å²) in [5.41, 5.74) is -0.0150. The van der Waals surface area contributed by atoms with Crippen molar-refractivity contribution >= 4 is 21.8 Å². The average Bonchev–Trinajstić information content (AvgIpc) is 3.05. The maximum Gasteiger partial charge on any atom is 0.229 e. The molecule has 2 fully saturated rings. The van der Waals surface area contributed by atoms with E-state index in [0.29, 0.717) is 17.9 Å². The molecule has 2 aliphatic carbocycles. The minimum absolute atomic E-state index is 0.0150. The zero-order valence-electron chi connectivity index (χ0n) is 11.8. The summed E-state index contributed by atoms with van der Waals surface area (Å²) in [6.07, 6.45) is 8.24. The van der Waals surface area contributed by atoms with Crippen LogP contribution < -0.4 is 0 Å². The molecule has 2 rings (SSSR count). The summed E-state index contributed by atoms with van der Waals surface area (Å²) < 4.78 is 0. The molecule has 2 saturated carbocycles. The van der Waals surface area contributed by atoms with Crippen molar-refractivity contribution in [1.82, 2.24) is 4.90 Å². The van der Waals surface area contributed by atoms with Crippen LogP contribution in [-0.2, 0) is 4.79 Å². The second kappa shape index (κ2) is 5.94. The maximum absolute atomic E-state index is 13.0. The third-order valence-electron chi connectivity index (χ3n) is 4.39. The number of alkyl halides is 1. The summed E-state index contributed by atoms with van der Waals surface area (Å²) >= 11 is 3.50. The molecule has 0 bridgehead atoms. The van der Waals surface area contributed by atoms with Crippen molar-refractivity contribution in [2.75, 3.05) is 11.9 Å². The summed E-state index contributed by atoms with van der Waals surface area (Å²) in [4.78, 5) is 15.2. The van der Waals surface area contributed by atoms with E-state index in [1.807, 2.05) is 0 Å². The Kier molecular flexibility index (Phi) is 4.74. The minimum Gasteiger partial charge on any atom is -0.338 e. The predicted octanol–water partition coefficient (Wildman–Crippen LogP) is 3.98. The van der Waals surface area contributed by atoms with Crippen molar-refractivity contribution in [2.45, 2.75) is 64.8 Å². The van der Waals surface area contributed by atoms with Crippen molar-refractivity contribution in [3.05, 3.63) is 0 Å². The van der Waals surface area contributed by atoms with Gasteiger partial charge in [0.2, 0.25) is 5.91 Å². The Morgan fingerprint density at radius 1 is 1.33 bits per heavy atom. The van der Waals surface area contributed by atoms with Gasteiger partial charge >= 0.3 is 0 Å². The van der Waals surface area contributed by atoms with Gasteiger partial charge < -0.3 is 4.90 Å². The molecule has 0 aromatic rings. The highest BCUT2D eigenvalue weighted by Crippen LogP contribution is 2.46. The van der Waals surface area contributed by atoms with Crippen molar-refractivity contribution in [3.63, 3.8) is 0 Å². The Balaban J connectivity index is 2.10. The first-order valence-corrected chi connectivity index (χ1v) is 8.58. The number of carbonyl (C=O) groups is 1. The molecule has 0 atom stereocenters. The number of halogens is 1. The molecule has 3 heteroatoms. The standard InChI is InChI=1S/C15H26BrNO/c1-12(2)11-15(7-3-4-8-15)14(18)17(10-9-16)13-5-6-13/h12-13H,3-11H2,1-2H3. The van der Waals surface area contributed by atoms with Gasteiger partial charge in [0.1, 0.15) is 0 Å². The number of nitrogens with zero attached hydrogens (tertiary/aromatic N) is 1. The molecule has 1 amide bonds. The molecule has 0 radical (unpaired) electrons. The van der Waals surface area contributed by atoms with E-state index in [1.165, 1.54) is 25.7 Å². The predicted molar refractivity (Wildman–Crippen MR) is 78.9 cm³/mol. The highest BCUT2D eigenvalue weighted by atomic mass is 79.9. The average molecular weight is 316 g/mol. The second-order valence-electron chi connectivity index (χ2n) is 6.50. The van der Waals surface area contributed by atoms with E-state index in [4.69, 9.17) is 0 Å². The first kappa shape index (κ1) is 14.4. The van der Waals surface area contributed by atoms with Gasteiger partial charge in [0, 0.05) is 23.3 Å². The lowest BCUT2D eigenvalue weighted by atomic mass is 9.77. The molecule has 2 nitrogen and oxygen atoms in total. The smallest absolute Gasteiger partial charge is 0.229 e. The monoisotopic (exact) mass is 315 g/mol. The molecule has 2 aliphatic rings. The van der Waals surface area contributed by atoms with Gasteiger partial charge in [0.25, 0.3) is 0 Å². The van der Waals surface area contributed by atoms with Crippen LogP contribution in [0.25, 0.3) is 0 Å². The zero-order valence-corrected chi connectivity index (χ0v) is 13.3. The van der Waals surface area contributed by atoms with Gasteiger partial charge in [-0.2, -0.15) is 0 Å². The van der Waals surface area contributed by atoms with E-state index in [0.717, 1.165) is 31.1 Å². The van der Waals surface area contributed by atoms with E-state index >= 15 is 0 Å². The maximum atomic E-state index is 13.0. The fourth-order valence-corrected chi connectivity index (χ4v) is 3.95. The lowest BCUT2D eigenvalue weighted by molar-refractivity contribution is -0.143. The molecule has 0 saturated heterocycles. The van der Waals surface area contributed by atoms with Crippen molar-refractivity contribution in [2.24, 2.45) is 11.3 Å². The van der Waals surface area contributed by atoms with Gasteiger partial charge in [0.05, 0.1) is 0 Å². The second-order valence-corrected chi connectivity index (χ2v) is 7.30. The van der Waals surface area contributed by atoms with Crippen LogP contribution in [0.5, 0.6) is 0 Å². The van der Waals surface area contributed by atoms with Crippen LogP contribution in [0.3, 0.4) is 0 Å². The van der Waals surface area contributed by atoms with Gasteiger partial charge in [-0.05, 0) is 38.0 Å². The van der Waals surface area contributed by atoms with Crippen LogP contribution in [0.2, 0.25) is 0 Å². The zero-order chi connectivity index (χ0) is 13.2. The quantitative estimate of drug-likeness (QED) is 0.679. The lowest BCUT2D eigenvalue weighted by Gasteiger charge is -2.35. The Morgan fingerprint density at radius 2 is 1.94 bits per heavy atom. The number of hydrogen-bond acceptors (Lipinski definition) is 1. The van der Waals surface area contributed by atoms with E-state index in [1.54, 1.807) is 0 Å². The largest absolute Gasteiger partial charge is 0.338 e. The molecule has 0 aliphatic heterocycles. The molecule has 0 aromatic carbocycles. The molecule has 0 N–H and O–H groups in total. The van der Waals surface area contributed by atoms with Crippen molar-refractivity contribution in [3.8, 4) is 0 Å². The Labute approximate surface area is 120 Å². The Hall–Kier alpha value is -0.0500. The van der Waals surface area contributed by atoms with Gasteiger partial charge in [0.15, 0.2) is 0 Å². The minimum atomic E-state index is -0.0150. The van der Waals surface area contributed by atoms with Gasteiger partial charge in [-0.25, -0.2) is 0 Å². The first-order chi connectivity index (χ1) is 8.59. The van der Waals surface area contributed by atoms with Gasteiger partial charge in [-0.1, -0.05) is 42.6 Å². The highest BCUT2D eigenvalue weighted by molar-refractivity contribution is 9.09. The van der Waals surface area contributed by atoms with Crippen LogP contribution in [0.4, 0.5) is 0 Å². The first-order valence-electron chi connectivity index (χ1n) is 7.46. The molecule has 18 heavy (non-hydrogen) atoms. The number of amides is 1. The SMILES string of the molecule is CC(C)CC1(C(=O)N(CCBr)C2CC2)CCCC1. The Bertz CT molecular complexity index is 293. The summed E-state index contributed by atoms with van der Waals surface area (Å²) in [6, 6.07) is 0.555. The van der Waals surface area contributed by atoms with Crippen molar-refractivity contribution < 1.29 is 4.79 Å². The van der Waals surface area contributed by atoms with Crippen LogP contribution in [0.1, 0.15) is 58.8 Å². The van der Waals surface area contributed by atoms with Crippen LogP contribution >= 0.6 is 15.9 Å². The van der Waals surface area contributed by atoms with Gasteiger partial charge in [-0.3, -0.25) is 4.79 Å². The molecule has 0 unspecified atom stereocenters. The molecule has 0 heterocycles. The molecule has 104 valence electrons. The lowest BCUT2D eigenvalue weighted by Crippen LogP contribution is -2.45. The van der Waals surface area contributed by atoms with Crippen LogP contribution in [0, 0.1) is 11.3 Å². The third kappa shape index (κ3) is 3.09. The fraction of sp³-hybridized carbons (Fsp3) is 0.933. The Morgan fingerprint density at radius 3 is 2.39 bits per heavy atom. The number of rotatable bonds is 6. The van der Waals surface area contributed by atoms with E-state index in [9.17, 15) is 4.79 Å². The third-order valence-corrected chi connectivity index (χ3v) is 4.74. The number of hydrogen-bond donors (Lipinski definition) is 0. The van der Waals surface area contributed by atoms with Crippen LogP contribution in [-0.4, -0.2) is 28.7 Å².